The van der Waals surface area contributed by atoms with Crippen LogP contribution < -0.4 is 4.72 Å². The SMILES string of the molecule is COC1(CNS(=O)(=O)c2cc3sc(C(=O)O)cc3s2)CC1. The van der Waals surface area contributed by atoms with E-state index in [1.54, 1.807) is 7.11 Å². The zero-order valence-corrected chi connectivity index (χ0v) is 13.5. The second kappa shape index (κ2) is 5.03. The van der Waals surface area contributed by atoms with Gasteiger partial charge in [0, 0.05) is 23.1 Å². The molecule has 0 amide bonds. The molecule has 9 heteroatoms. The Balaban J connectivity index is 1.81. The number of aromatic carboxylic acids is 1. The standard InChI is InChI=1S/C12H13NO5S3/c1-18-12(2-3-12)6-13-21(16,17)10-5-8-7(20-10)4-9(19-8)11(14)15/h4-5,13H,2-3,6H2,1H3,(H,14,15). The maximum Gasteiger partial charge on any atom is 0.345 e. The molecule has 0 aliphatic heterocycles. The highest BCUT2D eigenvalue weighted by Crippen LogP contribution is 2.39. The van der Waals surface area contributed by atoms with Crippen LogP contribution in [0.15, 0.2) is 16.3 Å². The first-order valence-corrected chi connectivity index (χ1v) is 9.28. The molecule has 0 aromatic carbocycles. The molecule has 1 aliphatic rings. The highest BCUT2D eigenvalue weighted by atomic mass is 32.2. The van der Waals surface area contributed by atoms with Gasteiger partial charge < -0.3 is 9.84 Å². The third kappa shape index (κ3) is 2.84. The van der Waals surface area contributed by atoms with Crippen molar-refractivity contribution in [2.75, 3.05) is 13.7 Å². The molecule has 0 spiro atoms. The topological polar surface area (TPSA) is 92.7 Å². The van der Waals surface area contributed by atoms with Crippen molar-refractivity contribution < 1.29 is 23.1 Å². The van der Waals surface area contributed by atoms with Crippen LogP contribution in [-0.4, -0.2) is 38.7 Å². The summed E-state index contributed by atoms with van der Waals surface area (Å²) in [5.41, 5.74) is -0.349. The van der Waals surface area contributed by atoms with Crippen molar-refractivity contribution in [2.24, 2.45) is 0 Å². The number of carboxylic acid groups (broad SMARTS) is 1. The molecule has 1 saturated carbocycles. The highest BCUT2D eigenvalue weighted by Gasteiger charge is 2.43. The van der Waals surface area contributed by atoms with E-state index >= 15 is 0 Å². The Bertz CT molecular complexity index is 769. The van der Waals surface area contributed by atoms with E-state index in [0.717, 1.165) is 35.5 Å². The molecule has 1 fully saturated rings. The van der Waals surface area contributed by atoms with Gasteiger partial charge in [-0.15, -0.1) is 22.7 Å². The summed E-state index contributed by atoms with van der Waals surface area (Å²) < 4.78 is 33.9. The van der Waals surface area contributed by atoms with Gasteiger partial charge in [-0.05, 0) is 25.0 Å². The monoisotopic (exact) mass is 347 g/mol. The second-order valence-electron chi connectivity index (χ2n) is 4.92. The number of thiophene rings is 2. The molecule has 2 heterocycles. The number of hydrogen-bond donors (Lipinski definition) is 2. The summed E-state index contributed by atoms with van der Waals surface area (Å²) in [5.74, 6) is -0.998. The molecule has 0 radical (unpaired) electrons. The number of hydrogen-bond acceptors (Lipinski definition) is 6. The van der Waals surface area contributed by atoms with Crippen LogP contribution in [0.3, 0.4) is 0 Å². The van der Waals surface area contributed by atoms with Crippen LogP contribution in [0.1, 0.15) is 22.5 Å². The van der Waals surface area contributed by atoms with Crippen molar-refractivity contribution in [1.29, 1.82) is 0 Å². The molecule has 2 aromatic rings. The Morgan fingerprint density at radius 1 is 1.38 bits per heavy atom. The fourth-order valence-corrected chi connectivity index (χ4v) is 5.74. The van der Waals surface area contributed by atoms with Crippen molar-refractivity contribution in [3.05, 3.63) is 17.0 Å². The Kier molecular flexibility index (Phi) is 3.57. The smallest absolute Gasteiger partial charge is 0.345 e. The molecular formula is C12H13NO5S3. The van der Waals surface area contributed by atoms with Crippen molar-refractivity contribution in [3.8, 4) is 0 Å². The van der Waals surface area contributed by atoms with Gasteiger partial charge in [0.05, 0.1) is 5.60 Å². The number of methoxy groups -OCH3 is 1. The number of carbonyl (C=O) groups is 1. The molecule has 2 aromatic heterocycles. The fourth-order valence-electron chi connectivity index (χ4n) is 1.94. The van der Waals surface area contributed by atoms with Crippen LogP contribution in [0.4, 0.5) is 0 Å². The van der Waals surface area contributed by atoms with Crippen molar-refractivity contribution >= 4 is 48.1 Å². The van der Waals surface area contributed by atoms with Crippen LogP contribution in [0.25, 0.3) is 9.40 Å². The fraction of sp³-hybridized carbons (Fsp3) is 0.417. The lowest BCUT2D eigenvalue weighted by Gasteiger charge is -2.13. The van der Waals surface area contributed by atoms with Gasteiger partial charge in [-0.3, -0.25) is 0 Å². The minimum absolute atomic E-state index is 0.201. The zero-order valence-electron chi connectivity index (χ0n) is 11.1. The minimum Gasteiger partial charge on any atom is -0.477 e. The molecule has 114 valence electrons. The van der Waals surface area contributed by atoms with Gasteiger partial charge >= 0.3 is 5.97 Å². The van der Waals surface area contributed by atoms with E-state index < -0.39 is 16.0 Å². The van der Waals surface area contributed by atoms with Crippen LogP contribution in [0.5, 0.6) is 0 Å². The molecule has 0 atom stereocenters. The quantitative estimate of drug-likeness (QED) is 0.835. The van der Waals surface area contributed by atoms with E-state index in [4.69, 9.17) is 9.84 Å². The van der Waals surface area contributed by atoms with Crippen molar-refractivity contribution in [3.63, 3.8) is 0 Å². The predicted octanol–water partition coefficient (Wildman–Crippen LogP) is 2.12. The third-order valence-corrected chi connectivity index (χ3v) is 7.64. The molecule has 0 bridgehead atoms. The van der Waals surface area contributed by atoms with Gasteiger partial charge in [0.15, 0.2) is 0 Å². The largest absolute Gasteiger partial charge is 0.477 e. The lowest BCUT2D eigenvalue weighted by molar-refractivity contribution is 0.0702. The van der Waals surface area contributed by atoms with Crippen LogP contribution in [0, 0.1) is 0 Å². The Hall–Kier alpha value is -1.000. The number of ether oxygens (including phenoxy) is 1. The van der Waals surface area contributed by atoms with E-state index in [1.165, 1.54) is 12.1 Å². The molecule has 6 nitrogen and oxygen atoms in total. The van der Waals surface area contributed by atoms with Gasteiger partial charge in [0.25, 0.3) is 0 Å². The first-order valence-electron chi connectivity index (χ1n) is 6.17. The van der Waals surface area contributed by atoms with Gasteiger partial charge in [-0.2, -0.15) is 0 Å². The summed E-state index contributed by atoms with van der Waals surface area (Å²) in [6, 6.07) is 3.02. The van der Waals surface area contributed by atoms with Gasteiger partial charge in [-0.25, -0.2) is 17.9 Å². The molecule has 21 heavy (non-hydrogen) atoms. The van der Waals surface area contributed by atoms with Gasteiger partial charge in [0.1, 0.15) is 9.09 Å². The molecule has 0 saturated heterocycles. The highest BCUT2D eigenvalue weighted by molar-refractivity contribution is 7.91. The van der Waals surface area contributed by atoms with Crippen molar-refractivity contribution in [1.82, 2.24) is 4.72 Å². The number of carboxylic acids is 1. The summed E-state index contributed by atoms with van der Waals surface area (Å²) in [6.07, 6.45) is 1.71. The number of rotatable bonds is 6. The second-order valence-corrected chi connectivity index (χ2v) is 9.08. The Morgan fingerprint density at radius 2 is 2.05 bits per heavy atom. The number of nitrogens with one attached hydrogen (secondary N) is 1. The van der Waals surface area contributed by atoms with Gasteiger partial charge in [0.2, 0.25) is 10.0 Å². The maximum absolute atomic E-state index is 12.2. The summed E-state index contributed by atoms with van der Waals surface area (Å²) in [7, 11) is -2.00. The first kappa shape index (κ1) is 14.9. The third-order valence-electron chi connectivity index (χ3n) is 3.49. The van der Waals surface area contributed by atoms with E-state index in [0.29, 0.717) is 9.40 Å². The normalized spacial score (nSPS) is 17.2. The number of fused-ring (bicyclic) bond motifs is 1. The van der Waals surface area contributed by atoms with E-state index in [2.05, 4.69) is 4.72 Å². The number of sulfonamides is 1. The molecular weight excluding hydrogens is 334 g/mol. The lowest BCUT2D eigenvalue weighted by Crippen LogP contribution is -2.34. The van der Waals surface area contributed by atoms with Gasteiger partial charge in [-0.1, -0.05) is 0 Å². The average molecular weight is 347 g/mol. The van der Waals surface area contributed by atoms with E-state index in [1.807, 2.05) is 0 Å². The van der Waals surface area contributed by atoms with Crippen LogP contribution in [0.2, 0.25) is 0 Å². The molecule has 1 aliphatic carbocycles. The summed E-state index contributed by atoms with van der Waals surface area (Å²) in [5, 5.41) is 8.91. The summed E-state index contributed by atoms with van der Waals surface area (Å²) in [6.45, 7) is 0.262. The summed E-state index contributed by atoms with van der Waals surface area (Å²) in [4.78, 5) is 11.1. The van der Waals surface area contributed by atoms with Crippen LogP contribution >= 0.6 is 22.7 Å². The average Bonchev–Trinajstić information content (AvgIpc) is 2.91. The van der Waals surface area contributed by atoms with Crippen LogP contribution in [-0.2, 0) is 14.8 Å². The Labute approximate surface area is 129 Å². The van der Waals surface area contributed by atoms with Crippen molar-refractivity contribution in [2.45, 2.75) is 22.7 Å². The van der Waals surface area contributed by atoms with E-state index in [9.17, 15) is 13.2 Å². The predicted molar refractivity (Wildman–Crippen MR) is 80.8 cm³/mol. The minimum atomic E-state index is -3.58. The Morgan fingerprint density at radius 3 is 2.57 bits per heavy atom. The molecule has 3 rings (SSSR count). The first-order chi connectivity index (χ1) is 9.85. The van der Waals surface area contributed by atoms with E-state index in [-0.39, 0.29) is 21.2 Å². The molecule has 2 N–H and O–H groups in total. The maximum atomic E-state index is 12.2. The summed E-state index contributed by atoms with van der Waals surface area (Å²) >= 11 is 2.15. The zero-order chi connectivity index (χ0) is 15.3. The lowest BCUT2D eigenvalue weighted by atomic mass is 10.3. The molecule has 0 unspecified atom stereocenters.